The van der Waals surface area contributed by atoms with Gasteiger partial charge < -0.3 is 5.73 Å². The van der Waals surface area contributed by atoms with Crippen LogP contribution in [0.15, 0.2) is 46.9 Å². The Hall–Kier alpha value is -0.460. The van der Waals surface area contributed by atoms with Gasteiger partial charge in [-0.2, -0.15) is 0 Å². The van der Waals surface area contributed by atoms with Crippen LogP contribution in [-0.2, 0) is 0 Å². The summed E-state index contributed by atoms with van der Waals surface area (Å²) in [6, 6.07) is 12.6. The molecule has 1 nitrogen and oxygen atoms in total. The van der Waals surface area contributed by atoms with E-state index in [1.807, 2.05) is 24.3 Å². The van der Waals surface area contributed by atoms with Crippen LogP contribution >= 0.6 is 38.5 Å². The van der Waals surface area contributed by atoms with Gasteiger partial charge in [-0.3, -0.25) is 0 Å². The summed E-state index contributed by atoms with van der Waals surface area (Å²) in [6.45, 7) is 0. The highest BCUT2D eigenvalue weighted by atomic mass is 127. The van der Waals surface area contributed by atoms with Crippen molar-refractivity contribution >= 4 is 38.5 Å². The molecule has 0 aromatic heterocycles. The molecule has 2 aromatic rings. The van der Waals surface area contributed by atoms with Crippen LogP contribution in [0.2, 0.25) is 0 Å². The van der Waals surface area contributed by atoms with E-state index in [4.69, 9.17) is 5.73 Å². The van der Waals surface area contributed by atoms with Crippen molar-refractivity contribution < 1.29 is 4.39 Å². The fraction of sp³-hybridized carbons (Fsp3) is 0.0769. The van der Waals surface area contributed by atoms with Crippen LogP contribution in [0.25, 0.3) is 0 Å². The molecule has 0 aliphatic carbocycles. The molecule has 2 rings (SSSR count). The molecule has 0 heterocycles. The van der Waals surface area contributed by atoms with Crippen LogP contribution in [0.1, 0.15) is 17.2 Å². The molecule has 4 heteroatoms. The van der Waals surface area contributed by atoms with Crippen LogP contribution in [-0.4, -0.2) is 0 Å². The van der Waals surface area contributed by atoms with E-state index in [2.05, 4.69) is 38.5 Å². The van der Waals surface area contributed by atoms with Crippen LogP contribution < -0.4 is 5.73 Å². The molecule has 2 aromatic carbocycles. The topological polar surface area (TPSA) is 26.0 Å². The van der Waals surface area contributed by atoms with Gasteiger partial charge >= 0.3 is 0 Å². The molecule has 88 valence electrons. The van der Waals surface area contributed by atoms with E-state index in [1.54, 1.807) is 12.1 Å². The smallest absolute Gasteiger partial charge is 0.137 e. The summed E-state index contributed by atoms with van der Waals surface area (Å²) in [4.78, 5) is 0. The first-order valence-electron chi connectivity index (χ1n) is 5.04. The van der Waals surface area contributed by atoms with Crippen LogP contribution in [0.4, 0.5) is 4.39 Å². The standard InChI is InChI=1S/C13H10BrFIN/c14-10-7-8(5-6-11(10)15)13(17)9-3-1-2-4-12(9)16/h1-7,13H,17H2. The lowest BCUT2D eigenvalue weighted by molar-refractivity contribution is 0.619. The molecule has 0 saturated carbocycles. The summed E-state index contributed by atoms with van der Waals surface area (Å²) in [5.41, 5.74) is 8.13. The van der Waals surface area contributed by atoms with Crippen molar-refractivity contribution in [2.24, 2.45) is 5.73 Å². The maximum absolute atomic E-state index is 13.2. The molecule has 0 fully saturated rings. The van der Waals surface area contributed by atoms with E-state index in [0.29, 0.717) is 4.47 Å². The minimum Gasteiger partial charge on any atom is -0.320 e. The van der Waals surface area contributed by atoms with Crippen molar-refractivity contribution in [2.75, 3.05) is 0 Å². The van der Waals surface area contributed by atoms with Gasteiger partial charge in [0.15, 0.2) is 0 Å². The van der Waals surface area contributed by atoms with Crippen molar-refractivity contribution in [1.29, 1.82) is 0 Å². The van der Waals surface area contributed by atoms with E-state index in [0.717, 1.165) is 14.7 Å². The highest BCUT2D eigenvalue weighted by Crippen LogP contribution is 2.27. The van der Waals surface area contributed by atoms with Gasteiger partial charge in [-0.05, 0) is 67.8 Å². The zero-order chi connectivity index (χ0) is 12.4. The molecule has 0 aliphatic rings. The Morgan fingerprint density at radius 1 is 1.18 bits per heavy atom. The molecular weight excluding hydrogens is 396 g/mol. The van der Waals surface area contributed by atoms with Gasteiger partial charge in [0, 0.05) is 3.57 Å². The predicted octanol–water partition coefficient (Wildman–Crippen LogP) is 4.24. The monoisotopic (exact) mass is 405 g/mol. The van der Waals surface area contributed by atoms with Gasteiger partial charge in [0.05, 0.1) is 10.5 Å². The third kappa shape index (κ3) is 2.86. The molecular formula is C13H10BrFIN. The average Bonchev–Trinajstić information content (AvgIpc) is 2.32. The van der Waals surface area contributed by atoms with Crippen molar-refractivity contribution in [3.8, 4) is 0 Å². The highest BCUT2D eigenvalue weighted by Gasteiger charge is 2.13. The molecule has 0 amide bonds. The first kappa shape index (κ1) is 13.0. The van der Waals surface area contributed by atoms with Gasteiger partial charge in [0.1, 0.15) is 5.82 Å². The largest absolute Gasteiger partial charge is 0.320 e. The number of rotatable bonds is 2. The molecule has 0 radical (unpaired) electrons. The Morgan fingerprint density at radius 2 is 1.88 bits per heavy atom. The van der Waals surface area contributed by atoms with E-state index in [9.17, 15) is 4.39 Å². The minimum atomic E-state index is -0.274. The van der Waals surface area contributed by atoms with Crippen molar-refractivity contribution in [3.05, 3.63) is 67.5 Å². The van der Waals surface area contributed by atoms with E-state index in [-0.39, 0.29) is 11.9 Å². The lowest BCUT2D eigenvalue weighted by Gasteiger charge is -2.14. The third-order valence-electron chi connectivity index (χ3n) is 2.54. The molecule has 1 atom stereocenters. The molecule has 0 bridgehead atoms. The van der Waals surface area contributed by atoms with Gasteiger partial charge in [-0.25, -0.2) is 4.39 Å². The van der Waals surface area contributed by atoms with Crippen molar-refractivity contribution in [3.63, 3.8) is 0 Å². The molecule has 0 saturated heterocycles. The number of halogens is 3. The number of benzene rings is 2. The number of nitrogens with two attached hydrogens (primary N) is 1. The van der Waals surface area contributed by atoms with E-state index in [1.165, 1.54) is 6.07 Å². The second-order valence-corrected chi connectivity index (χ2v) is 5.69. The lowest BCUT2D eigenvalue weighted by Crippen LogP contribution is -2.13. The van der Waals surface area contributed by atoms with Crippen LogP contribution in [0.5, 0.6) is 0 Å². The van der Waals surface area contributed by atoms with Gasteiger partial charge in [0.2, 0.25) is 0 Å². The van der Waals surface area contributed by atoms with Crippen molar-refractivity contribution in [2.45, 2.75) is 6.04 Å². The Labute approximate surface area is 121 Å². The SMILES string of the molecule is NC(c1ccc(F)c(Br)c1)c1ccccc1I. The molecule has 0 spiro atoms. The Bertz CT molecular complexity index is 545. The Balaban J connectivity index is 2.40. The number of hydrogen-bond acceptors (Lipinski definition) is 1. The Morgan fingerprint density at radius 3 is 2.53 bits per heavy atom. The molecule has 0 aliphatic heterocycles. The van der Waals surface area contributed by atoms with Crippen LogP contribution in [0, 0.1) is 9.39 Å². The first-order chi connectivity index (χ1) is 8.09. The number of hydrogen-bond donors (Lipinski definition) is 1. The maximum atomic E-state index is 13.2. The maximum Gasteiger partial charge on any atom is 0.137 e. The summed E-state index contributed by atoms with van der Waals surface area (Å²) in [6.07, 6.45) is 0. The lowest BCUT2D eigenvalue weighted by atomic mass is 10.00. The van der Waals surface area contributed by atoms with E-state index >= 15 is 0 Å². The quantitative estimate of drug-likeness (QED) is 0.743. The van der Waals surface area contributed by atoms with Crippen LogP contribution in [0.3, 0.4) is 0 Å². The Kier molecular flexibility index (Phi) is 4.17. The summed E-state index contributed by atoms with van der Waals surface area (Å²) in [7, 11) is 0. The molecule has 2 N–H and O–H groups in total. The zero-order valence-electron chi connectivity index (χ0n) is 8.83. The predicted molar refractivity (Wildman–Crippen MR) is 79.3 cm³/mol. The third-order valence-corrected chi connectivity index (χ3v) is 4.13. The molecule has 1 unspecified atom stereocenters. The second-order valence-electron chi connectivity index (χ2n) is 3.67. The van der Waals surface area contributed by atoms with Gasteiger partial charge in [-0.15, -0.1) is 0 Å². The first-order valence-corrected chi connectivity index (χ1v) is 6.91. The van der Waals surface area contributed by atoms with Crippen molar-refractivity contribution in [1.82, 2.24) is 0 Å². The fourth-order valence-corrected chi connectivity index (χ4v) is 2.73. The van der Waals surface area contributed by atoms with Gasteiger partial charge in [-0.1, -0.05) is 24.3 Å². The average molecular weight is 406 g/mol. The second kappa shape index (κ2) is 5.46. The fourth-order valence-electron chi connectivity index (χ4n) is 1.61. The summed E-state index contributed by atoms with van der Waals surface area (Å²) in [5.74, 6) is -0.274. The minimum absolute atomic E-state index is 0.236. The summed E-state index contributed by atoms with van der Waals surface area (Å²) in [5, 5.41) is 0. The molecule has 17 heavy (non-hydrogen) atoms. The normalized spacial score (nSPS) is 12.5. The van der Waals surface area contributed by atoms with Gasteiger partial charge in [0.25, 0.3) is 0 Å². The zero-order valence-corrected chi connectivity index (χ0v) is 12.6. The highest BCUT2D eigenvalue weighted by molar-refractivity contribution is 14.1. The summed E-state index contributed by atoms with van der Waals surface area (Å²) < 4.78 is 14.7. The summed E-state index contributed by atoms with van der Waals surface area (Å²) >= 11 is 5.42. The van der Waals surface area contributed by atoms with E-state index < -0.39 is 0 Å².